The molecule has 0 radical (unpaired) electrons. The first-order valence-corrected chi connectivity index (χ1v) is 14.6. The van der Waals surface area contributed by atoms with Crippen LogP contribution in [0.4, 0.5) is 27.6 Å². The zero-order chi connectivity index (χ0) is 32.9. The molecular formula is C30H23Cl2F5N2O6. The highest BCUT2D eigenvalue weighted by Crippen LogP contribution is 2.66. The minimum absolute atomic E-state index is 0.0143. The second-order valence-corrected chi connectivity index (χ2v) is 12.7. The van der Waals surface area contributed by atoms with Crippen molar-refractivity contribution in [3.8, 4) is 11.5 Å². The molecule has 6 unspecified atom stereocenters. The van der Waals surface area contributed by atoms with E-state index in [0.717, 1.165) is 11.0 Å². The summed E-state index contributed by atoms with van der Waals surface area (Å²) in [6, 6.07) is 3.86. The lowest BCUT2D eigenvalue weighted by atomic mass is 9.56. The van der Waals surface area contributed by atoms with Crippen molar-refractivity contribution in [2.45, 2.75) is 41.9 Å². The summed E-state index contributed by atoms with van der Waals surface area (Å²) in [6.07, 6.45) is 1.41. The molecule has 2 heterocycles. The molecule has 2 aliphatic carbocycles. The van der Waals surface area contributed by atoms with Crippen LogP contribution < -0.4 is 9.64 Å². The van der Waals surface area contributed by atoms with E-state index in [1.165, 1.54) is 19.2 Å². The molecule has 2 aromatic carbocycles. The number of nitrogens with zero attached hydrogens (tertiary/aromatic N) is 2. The number of likely N-dealkylation sites (tertiary alicyclic amines) is 1. The van der Waals surface area contributed by atoms with Crippen LogP contribution in [0.25, 0.3) is 0 Å². The van der Waals surface area contributed by atoms with Gasteiger partial charge in [0.05, 0.1) is 18.9 Å². The van der Waals surface area contributed by atoms with Crippen molar-refractivity contribution in [3.05, 3.63) is 64.5 Å². The fourth-order valence-corrected chi connectivity index (χ4v) is 8.24. The van der Waals surface area contributed by atoms with Gasteiger partial charge in [0, 0.05) is 24.1 Å². The maximum atomic E-state index is 15.1. The van der Waals surface area contributed by atoms with Crippen LogP contribution in [0, 0.1) is 46.8 Å². The zero-order valence-electron chi connectivity index (χ0n) is 23.5. The number of benzene rings is 2. The molecule has 0 bridgehead atoms. The first-order valence-electron chi connectivity index (χ1n) is 13.9. The highest BCUT2D eigenvalue weighted by molar-refractivity contribution is 6.58. The average Bonchev–Trinajstić information content (AvgIpc) is 3.34. The lowest BCUT2D eigenvalue weighted by Gasteiger charge is -2.50. The number of amides is 4. The van der Waals surface area contributed by atoms with Gasteiger partial charge in [-0.25, -0.2) is 26.9 Å². The number of methoxy groups -OCH3 is 1. The number of allylic oxidation sites excluding steroid dienone is 2. The van der Waals surface area contributed by atoms with Crippen molar-refractivity contribution in [2.24, 2.45) is 17.8 Å². The van der Waals surface area contributed by atoms with Crippen LogP contribution in [-0.2, 0) is 19.2 Å². The van der Waals surface area contributed by atoms with Gasteiger partial charge in [-0.1, -0.05) is 24.6 Å². The van der Waals surface area contributed by atoms with E-state index in [-0.39, 0.29) is 34.8 Å². The van der Waals surface area contributed by atoms with Crippen LogP contribution in [0.3, 0.4) is 0 Å². The molecule has 2 aliphatic heterocycles. The Morgan fingerprint density at radius 2 is 1.56 bits per heavy atom. The first-order chi connectivity index (χ1) is 21.2. The normalized spacial score (nSPS) is 30.8. The third kappa shape index (κ3) is 3.89. The van der Waals surface area contributed by atoms with E-state index in [9.17, 15) is 37.5 Å². The second-order valence-electron chi connectivity index (χ2n) is 11.4. The summed E-state index contributed by atoms with van der Waals surface area (Å²) in [6.45, 7) is 1.88. The van der Waals surface area contributed by atoms with Crippen molar-refractivity contribution in [1.29, 1.82) is 0 Å². The lowest BCUT2D eigenvalue weighted by molar-refractivity contribution is -0.140. The molecule has 0 spiro atoms. The largest absolute Gasteiger partial charge is 0.508 e. The van der Waals surface area contributed by atoms with E-state index in [2.05, 4.69) is 0 Å². The lowest BCUT2D eigenvalue weighted by Crippen LogP contribution is -2.60. The number of hydrogen-bond acceptors (Lipinski definition) is 6. The van der Waals surface area contributed by atoms with E-state index in [1.807, 2.05) is 0 Å². The number of fused-ring (bicyclic) bond motifs is 4. The van der Waals surface area contributed by atoms with Crippen LogP contribution in [0.15, 0.2) is 29.8 Å². The van der Waals surface area contributed by atoms with E-state index in [1.54, 1.807) is 13.0 Å². The molecule has 8 nitrogen and oxygen atoms in total. The summed E-state index contributed by atoms with van der Waals surface area (Å²) in [5.74, 6) is -21.4. The van der Waals surface area contributed by atoms with Gasteiger partial charge in [0.2, 0.25) is 17.6 Å². The average molecular weight is 673 g/mol. The van der Waals surface area contributed by atoms with E-state index in [4.69, 9.17) is 27.9 Å². The second kappa shape index (κ2) is 10.4. The maximum Gasteiger partial charge on any atom is 0.258 e. The van der Waals surface area contributed by atoms with Gasteiger partial charge in [-0.2, -0.15) is 0 Å². The zero-order valence-corrected chi connectivity index (χ0v) is 25.0. The van der Waals surface area contributed by atoms with Gasteiger partial charge in [-0.15, -0.1) is 23.2 Å². The van der Waals surface area contributed by atoms with Crippen LogP contribution in [0.5, 0.6) is 11.5 Å². The molecular weight excluding hydrogens is 650 g/mol. The number of aromatic hydroxyl groups is 1. The molecule has 6 rings (SSSR count). The fraction of sp³-hybridized carbons (Fsp3) is 0.400. The Morgan fingerprint density at radius 3 is 2.13 bits per heavy atom. The molecule has 3 fully saturated rings. The predicted octanol–water partition coefficient (Wildman–Crippen LogP) is 5.07. The topological polar surface area (TPSA) is 104 Å². The van der Waals surface area contributed by atoms with Crippen LogP contribution >= 0.6 is 23.2 Å². The third-order valence-electron chi connectivity index (χ3n) is 9.31. The standard InChI is InChI=1S/C30H23Cl2F5N2O6/c1-3-8-38-25(41)14-7-6-12-15(17(14)26(38)42)10-29(31)27(43)39(24-22(36)20(34)19(33)21(35)23(24)37)28(44)30(29,32)18(12)13-5-4-11(45-2)9-16(13)40/h4-6,9,14-15,17-18,40H,3,7-8,10H2,1-2H3. The Bertz CT molecular complexity index is 1730. The predicted molar refractivity (Wildman–Crippen MR) is 148 cm³/mol. The number of rotatable bonds is 5. The van der Waals surface area contributed by atoms with Crippen molar-refractivity contribution >= 4 is 52.5 Å². The molecule has 1 saturated carbocycles. The van der Waals surface area contributed by atoms with Crippen molar-refractivity contribution < 1.29 is 51.0 Å². The highest BCUT2D eigenvalue weighted by atomic mass is 35.5. The van der Waals surface area contributed by atoms with Crippen LogP contribution in [0.2, 0.25) is 0 Å². The Labute approximate surface area is 262 Å². The summed E-state index contributed by atoms with van der Waals surface area (Å²) >= 11 is 14.0. The number of phenolic OH excluding ortho intramolecular Hbond substituents is 1. The monoisotopic (exact) mass is 672 g/mol. The van der Waals surface area contributed by atoms with Crippen LogP contribution in [0.1, 0.15) is 37.7 Å². The van der Waals surface area contributed by atoms with Gasteiger partial charge >= 0.3 is 0 Å². The van der Waals surface area contributed by atoms with Crippen LogP contribution in [-0.4, -0.2) is 57.0 Å². The summed E-state index contributed by atoms with van der Waals surface area (Å²) in [7, 11) is 1.31. The summed E-state index contributed by atoms with van der Waals surface area (Å²) in [4.78, 5) is 50.6. The van der Waals surface area contributed by atoms with E-state index in [0.29, 0.717) is 6.42 Å². The number of carbonyl (C=O) groups excluding carboxylic acids is 4. The molecule has 4 amide bonds. The summed E-state index contributed by atoms with van der Waals surface area (Å²) < 4.78 is 77.8. The molecule has 4 aliphatic rings. The minimum Gasteiger partial charge on any atom is -0.508 e. The van der Waals surface area contributed by atoms with Crippen molar-refractivity contribution in [2.75, 3.05) is 18.6 Å². The van der Waals surface area contributed by atoms with Crippen molar-refractivity contribution in [1.82, 2.24) is 4.90 Å². The van der Waals surface area contributed by atoms with Gasteiger partial charge in [-0.3, -0.25) is 24.1 Å². The smallest absolute Gasteiger partial charge is 0.258 e. The highest BCUT2D eigenvalue weighted by Gasteiger charge is 2.77. The van der Waals surface area contributed by atoms with Gasteiger partial charge in [-0.05, 0) is 31.2 Å². The Balaban J connectivity index is 1.60. The first kappa shape index (κ1) is 31.3. The summed E-state index contributed by atoms with van der Waals surface area (Å²) in [5.41, 5.74) is -1.74. The number of halogens is 7. The minimum atomic E-state index is -2.72. The van der Waals surface area contributed by atoms with Gasteiger partial charge in [0.25, 0.3) is 11.8 Å². The quantitative estimate of drug-likeness (QED) is 0.119. The van der Waals surface area contributed by atoms with E-state index >= 15 is 8.78 Å². The molecule has 2 saturated heterocycles. The molecule has 2 aromatic rings. The maximum absolute atomic E-state index is 15.1. The third-order valence-corrected chi connectivity index (χ3v) is 10.7. The number of anilines is 1. The molecule has 238 valence electrons. The molecule has 15 heteroatoms. The van der Waals surface area contributed by atoms with Gasteiger partial charge in [0.1, 0.15) is 17.2 Å². The number of alkyl halides is 2. The number of imide groups is 2. The summed E-state index contributed by atoms with van der Waals surface area (Å²) in [5, 5.41) is 11.1. The van der Waals surface area contributed by atoms with Gasteiger partial charge < -0.3 is 9.84 Å². The molecule has 1 N–H and O–H groups in total. The molecule has 6 atom stereocenters. The van der Waals surface area contributed by atoms with Crippen molar-refractivity contribution in [3.63, 3.8) is 0 Å². The Hall–Kier alpha value is -3.71. The van der Waals surface area contributed by atoms with Gasteiger partial charge in [0.15, 0.2) is 33.0 Å². The number of phenols is 1. The number of hydrogen-bond donors (Lipinski definition) is 1. The number of carbonyl (C=O) groups is 4. The Morgan fingerprint density at radius 1 is 0.933 bits per heavy atom. The van der Waals surface area contributed by atoms with E-state index < -0.39 is 104 Å². The molecule has 0 aromatic heterocycles. The Kier molecular flexibility index (Phi) is 7.24. The molecule has 45 heavy (non-hydrogen) atoms. The SMILES string of the molecule is CCCN1C(=O)C2CC=C3C(CC4(Cl)C(=O)N(c5c(F)c(F)c(F)c(F)c5F)C(=O)C4(Cl)C3c3ccc(OC)cc3O)C2C1=O. The fourth-order valence-electron chi connectivity index (χ4n) is 7.32. The number of ether oxygens (including phenoxy) is 1.